The Balaban J connectivity index is 1.77. The summed E-state index contributed by atoms with van der Waals surface area (Å²) in [6, 6.07) is 12.0. The highest BCUT2D eigenvalue weighted by Crippen LogP contribution is 2.38. The summed E-state index contributed by atoms with van der Waals surface area (Å²) in [4.78, 5) is 32.7. The van der Waals surface area contributed by atoms with Crippen molar-refractivity contribution in [3.63, 3.8) is 0 Å². The molecule has 5 rings (SSSR count). The lowest BCUT2D eigenvalue weighted by molar-refractivity contribution is 0.0699. The number of aromatic nitrogens is 1. The first kappa shape index (κ1) is 17.4. The number of hydrogen-bond acceptors (Lipinski definition) is 5. The van der Waals surface area contributed by atoms with E-state index >= 15 is 0 Å². The average Bonchev–Trinajstić information content (AvgIpc) is 3.32. The number of rotatable bonds is 3. The molecule has 1 amide bonds. The van der Waals surface area contributed by atoms with Gasteiger partial charge in [-0.1, -0.05) is 6.07 Å². The highest BCUT2D eigenvalue weighted by atomic mass is 16.4. The molecule has 0 spiro atoms. The number of aryl methyl sites for hydroxylation is 2. The molecule has 1 aromatic carbocycles. The molecule has 0 aliphatic carbocycles. The van der Waals surface area contributed by atoms with Gasteiger partial charge in [-0.3, -0.25) is 14.6 Å². The van der Waals surface area contributed by atoms with Gasteiger partial charge in [-0.05, 0) is 61.4 Å². The Kier molecular flexibility index (Phi) is 3.87. The largest absolute Gasteiger partial charge is 0.467 e. The number of nitrogens with zero attached hydrogens (tertiary/aromatic N) is 2. The third-order valence-electron chi connectivity index (χ3n) is 5.46. The lowest BCUT2D eigenvalue weighted by atomic mass is 10.0. The number of benzene rings is 1. The molecule has 3 aromatic heterocycles. The molecule has 4 aromatic rings. The molecule has 0 fully saturated rings. The zero-order chi connectivity index (χ0) is 20.1. The van der Waals surface area contributed by atoms with Crippen molar-refractivity contribution in [1.29, 1.82) is 0 Å². The molecular weight excluding hydrogens is 368 g/mol. The quantitative estimate of drug-likeness (QED) is 0.529. The van der Waals surface area contributed by atoms with Crippen molar-refractivity contribution in [2.45, 2.75) is 26.4 Å². The average molecular weight is 386 g/mol. The molecule has 4 heterocycles. The van der Waals surface area contributed by atoms with Crippen LogP contribution in [0.1, 0.15) is 44.7 Å². The molecule has 1 aliphatic heterocycles. The van der Waals surface area contributed by atoms with Crippen LogP contribution in [0.4, 0.5) is 0 Å². The predicted molar refractivity (Wildman–Crippen MR) is 107 cm³/mol. The van der Waals surface area contributed by atoms with Crippen molar-refractivity contribution in [3.8, 4) is 0 Å². The van der Waals surface area contributed by atoms with E-state index in [0.717, 1.165) is 11.1 Å². The van der Waals surface area contributed by atoms with E-state index in [9.17, 15) is 9.59 Å². The zero-order valence-corrected chi connectivity index (χ0v) is 16.0. The van der Waals surface area contributed by atoms with E-state index in [1.54, 1.807) is 35.6 Å². The van der Waals surface area contributed by atoms with Crippen LogP contribution in [0.2, 0.25) is 0 Å². The minimum Gasteiger partial charge on any atom is -0.467 e. The Labute approximate surface area is 166 Å². The molecule has 0 bridgehead atoms. The molecule has 0 N–H and O–H groups in total. The molecule has 29 heavy (non-hydrogen) atoms. The number of amides is 1. The number of pyridine rings is 1. The van der Waals surface area contributed by atoms with Crippen LogP contribution in [0.15, 0.2) is 68.6 Å². The van der Waals surface area contributed by atoms with Crippen molar-refractivity contribution >= 4 is 16.9 Å². The highest BCUT2D eigenvalue weighted by molar-refractivity contribution is 5.99. The molecule has 0 saturated heterocycles. The van der Waals surface area contributed by atoms with Gasteiger partial charge < -0.3 is 13.7 Å². The van der Waals surface area contributed by atoms with E-state index < -0.39 is 6.04 Å². The summed E-state index contributed by atoms with van der Waals surface area (Å²) >= 11 is 0. The van der Waals surface area contributed by atoms with Gasteiger partial charge in [0.15, 0.2) is 5.43 Å². The van der Waals surface area contributed by atoms with Gasteiger partial charge in [0.2, 0.25) is 5.76 Å². The summed E-state index contributed by atoms with van der Waals surface area (Å²) in [7, 11) is 0. The Morgan fingerprint density at radius 3 is 2.62 bits per heavy atom. The maximum Gasteiger partial charge on any atom is 0.291 e. The van der Waals surface area contributed by atoms with E-state index in [-0.39, 0.29) is 23.6 Å². The maximum atomic E-state index is 13.5. The number of carbonyl (C=O) groups excluding carboxylic acids is 1. The van der Waals surface area contributed by atoms with Gasteiger partial charge in [-0.2, -0.15) is 0 Å². The summed E-state index contributed by atoms with van der Waals surface area (Å²) in [6.45, 7) is 4.11. The van der Waals surface area contributed by atoms with Crippen LogP contribution < -0.4 is 5.43 Å². The predicted octanol–water partition coefficient (Wildman–Crippen LogP) is 4.14. The van der Waals surface area contributed by atoms with E-state index in [4.69, 9.17) is 8.83 Å². The van der Waals surface area contributed by atoms with E-state index in [0.29, 0.717) is 28.0 Å². The van der Waals surface area contributed by atoms with Gasteiger partial charge in [0.05, 0.1) is 29.5 Å². The fourth-order valence-corrected chi connectivity index (χ4v) is 3.85. The first-order chi connectivity index (χ1) is 14.0. The fraction of sp³-hybridized carbons (Fsp3) is 0.174. The van der Waals surface area contributed by atoms with E-state index in [2.05, 4.69) is 4.98 Å². The second-order valence-corrected chi connectivity index (χ2v) is 7.28. The standard InChI is InChI=1S/C23H18N2O4/c1-13-10-16-18(11-14(13)2)29-22-19(21(16)26)20(17-7-3-4-8-24-17)25(23(22)27)12-15-6-5-9-28-15/h3-11,20H,12H2,1-2H3. The summed E-state index contributed by atoms with van der Waals surface area (Å²) in [5.74, 6) is 0.355. The summed E-state index contributed by atoms with van der Waals surface area (Å²) in [5.41, 5.74) is 3.16. The Morgan fingerprint density at radius 2 is 1.90 bits per heavy atom. The van der Waals surface area contributed by atoms with Crippen molar-refractivity contribution < 1.29 is 13.6 Å². The highest BCUT2D eigenvalue weighted by Gasteiger charge is 2.43. The molecule has 1 aliphatic rings. The first-order valence-corrected chi connectivity index (χ1v) is 9.37. The summed E-state index contributed by atoms with van der Waals surface area (Å²) < 4.78 is 11.4. The summed E-state index contributed by atoms with van der Waals surface area (Å²) in [6.07, 6.45) is 3.21. The van der Waals surface area contributed by atoms with Gasteiger partial charge in [0.1, 0.15) is 17.4 Å². The van der Waals surface area contributed by atoms with Crippen LogP contribution in [0.25, 0.3) is 11.0 Å². The smallest absolute Gasteiger partial charge is 0.291 e. The maximum absolute atomic E-state index is 13.5. The molecular formula is C23H18N2O4. The Morgan fingerprint density at radius 1 is 1.07 bits per heavy atom. The molecule has 1 atom stereocenters. The molecule has 144 valence electrons. The second-order valence-electron chi connectivity index (χ2n) is 7.28. The Bertz CT molecular complexity index is 1290. The number of fused-ring (bicyclic) bond motifs is 2. The van der Waals surface area contributed by atoms with Crippen LogP contribution in [-0.4, -0.2) is 15.8 Å². The first-order valence-electron chi connectivity index (χ1n) is 9.37. The zero-order valence-electron chi connectivity index (χ0n) is 16.0. The SMILES string of the molecule is Cc1cc2oc3c(c(=O)c2cc1C)C(c1ccccn1)N(Cc1ccco1)C3=O. The van der Waals surface area contributed by atoms with E-state index in [1.807, 2.05) is 38.1 Å². The monoisotopic (exact) mass is 386 g/mol. The molecule has 6 heteroatoms. The van der Waals surface area contributed by atoms with Gasteiger partial charge >= 0.3 is 0 Å². The molecule has 6 nitrogen and oxygen atoms in total. The third kappa shape index (κ3) is 2.68. The van der Waals surface area contributed by atoms with Crippen LogP contribution >= 0.6 is 0 Å². The van der Waals surface area contributed by atoms with Crippen molar-refractivity contribution in [2.24, 2.45) is 0 Å². The van der Waals surface area contributed by atoms with Gasteiger partial charge in [0, 0.05) is 6.20 Å². The minimum absolute atomic E-state index is 0.0768. The van der Waals surface area contributed by atoms with Gasteiger partial charge in [0.25, 0.3) is 5.91 Å². The topological polar surface area (TPSA) is 76.6 Å². The van der Waals surface area contributed by atoms with E-state index in [1.165, 1.54) is 0 Å². The van der Waals surface area contributed by atoms with Crippen molar-refractivity contribution in [1.82, 2.24) is 9.88 Å². The van der Waals surface area contributed by atoms with Gasteiger partial charge in [-0.15, -0.1) is 0 Å². The van der Waals surface area contributed by atoms with Crippen LogP contribution in [0, 0.1) is 13.8 Å². The third-order valence-corrected chi connectivity index (χ3v) is 5.46. The number of carbonyl (C=O) groups is 1. The van der Waals surface area contributed by atoms with Crippen LogP contribution in [-0.2, 0) is 6.54 Å². The fourth-order valence-electron chi connectivity index (χ4n) is 3.85. The van der Waals surface area contributed by atoms with Gasteiger partial charge in [-0.25, -0.2) is 0 Å². The summed E-state index contributed by atoms with van der Waals surface area (Å²) in [5, 5.41) is 0.473. The normalized spacial score (nSPS) is 15.9. The van der Waals surface area contributed by atoms with Crippen LogP contribution in [0.5, 0.6) is 0 Å². The number of hydrogen-bond donors (Lipinski definition) is 0. The molecule has 0 radical (unpaired) electrons. The number of furan rings is 1. The van der Waals surface area contributed by atoms with Crippen molar-refractivity contribution in [2.75, 3.05) is 0 Å². The lowest BCUT2D eigenvalue weighted by Crippen LogP contribution is -2.29. The molecule has 1 unspecified atom stereocenters. The lowest BCUT2D eigenvalue weighted by Gasteiger charge is -2.23. The second kappa shape index (κ2) is 6.44. The minimum atomic E-state index is -0.633. The van der Waals surface area contributed by atoms with Crippen LogP contribution in [0.3, 0.4) is 0 Å². The Hall–Kier alpha value is -3.67. The van der Waals surface area contributed by atoms with Crippen molar-refractivity contribution in [3.05, 3.63) is 99.1 Å². The molecule has 0 saturated carbocycles.